The molecule has 1 aromatic rings. The molecule has 114 valence electrons. The van der Waals surface area contributed by atoms with Crippen LogP contribution in [0.15, 0.2) is 24.3 Å². The lowest BCUT2D eigenvalue weighted by Crippen LogP contribution is -2.41. The van der Waals surface area contributed by atoms with Crippen molar-refractivity contribution in [1.82, 2.24) is 9.80 Å². The fourth-order valence-corrected chi connectivity index (χ4v) is 3.54. The van der Waals surface area contributed by atoms with Crippen molar-refractivity contribution in [3.05, 3.63) is 35.4 Å². The molecule has 0 bridgehead atoms. The third-order valence-electron chi connectivity index (χ3n) is 4.52. The van der Waals surface area contributed by atoms with Gasteiger partial charge in [-0.15, -0.1) is 0 Å². The van der Waals surface area contributed by atoms with Gasteiger partial charge in [-0.25, -0.2) is 0 Å². The van der Waals surface area contributed by atoms with Gasteiger partial charge in [-0.1, -0.05) is 24.3 Å². The minimum Gasteiger partial charge on any atom is -0.480 e. The lowest BCUT2D eigenvalue weighted by molar-refractivity contribution is -0.138. The Morgan fingerprint density at radius 3 is 2.43 bits per heavy atom. The van der Waals surface area contributed by atoms with Gasteiger partial charge in [0.15, 0.2) is 0 Å². The maximum absolute atomic E-state index is 10.8. The van der Waals surface area contributed by atoms with E-state index in [0.29, 0.717) is 25.7 Å². The van der Waals surface area contributed by atoms with Gasteiger partial charge in [0, 0.05) is 32.2 Å². The Morgan fingerprint density at radius 1 is 1.14 bits per heavy atom. The van der Waals surface area contributed by atoms with Crippen LogP contribution in [0.3, 0.4) is 0 Å². The molecule has 1 atom stereocenters. The number of carboxylic acid groups (broad SMARTS) is 1. The van der Waals surface area contributed by atoms with Gasteiger partial charge < -0.3 is 10.2 Å². The first-order valence-electron chi connectivity index (χ1n) is 7.55. The molecule has 0 saturated carbocycles. The van der Waals surface area contributed by atoms with Gasteiger partial charge >= 0.3 is 5.97 Å². The van der Waals surface area contributed by atoms with Crippen LogP contribution in [-0.2, 0) is 17.6 Å². The molecular formula is C16H22N2O3. The first kappa shape index (κ1) is 14.5. The van der Waals surface area contributed by atoms with Crippen molar-refractivity contribution in [3.63, 3.8) is 0 Å². The summed E-state index contributed by atoms with van der Waals surface area (Å²) < 4.78 is 0. The predicted molar refractivity (Wildman–Crippen MR) is 79.3 cm³/mol. The molecule has 0 amide bonds. The number of fused-ring (bicyclic) bond motifs is 1. The number of aliphatic carboxylic acids is 1. The summed E-state index contributed by atoms with van der Waals surface area (Å²) in [6.45, 7) is 2.62. The van der Waals surface area contributed by atoms with E-state index >= 15 is 0 Å². The molecule has 0 radical (unpaired) electrons. The largest absolute Gasteiger partial charge is 0.480 e. The van der Waals surface area contributed by atoms with Crippen LogP contribution in [0.4, 0.5) is 0 Å². The molecule has 3 rings (SSSR count). The van der Waals surface area contributed by atoms with Crippen LogP contribution in [0.2, 0.25) is 0 Å². The molecule has 5 nitrogen and oxygen atoms in total. The molecule has 1 aromatic carbocycles. The molecule has 2 N–H and O–H groups in total. The molecule has 1 aliphatic carbocycles. The zero-order valence-electron chi connectivity index (χ0n) is 12.1. The predicted octanol–water partition coefficient (Wildman–Crippen LogP) is 0.217. The molecule has 1 aliphatic heterocycles. The van der Waals surface area contributed by atoms with Crippen molar-refractivity contribution in [2.75, 3.05) is 32.7 Å². The maximum atomic E-state index is 10.8. The highest BCUT2D eigenvalue weighted by atomic mass is 16.4. The normalized spacial score (nSPS) is 24.7. The highest BCUT2D eigenvalue weighted by molar-refractivity contribution is 5.69. The van der Waals surface area contributed by atoms with E-state index in [1.54, 1.807) is 0 Å². The van der Waals surface area contributed by atoms with Crippen LogP contribution in [0.25, 0.3) is 0 Å². The fraction of sp³-hybridized carbons (Fsp3) is 0.562. The number of carbonyl (C=O) groups is 1. The first-order valence-corrected chi connectivity index (χ1v) is 7.55. The number of hydrogen-bond donors (Lipinski definition) is 2. The molecule has 21 heavy (non-hydrogen) atoms. The van der Waals surface area contributed by atoms with Crippen molar-refractivity contribution in [2.24, 2.45) is 0 Å². The molecule has 5 heteroatoms. The zero-order chi connectivity index (χ0) is 14.8. The number of aliphatic hydroxyl groups excluding tert-OH is 1. The molecule has 1 saturated heterocycles. The molecule has 1 fully saturated rings. The number of nitrogens with zero attached hydrogens (tertiary/aromatic N) is 2. The number of carboxylic acids is 1. The Hall–Kier alpha value is -1.43. The fourth-order valence-electron chi connectivity index (χ4n) is 3.54. The molecule has 2 aliphatic rings. The van der Waals surface area contributed by atoms with E-state index in [2.05, 4.69) is 29.2 Å². The Labute approximate surface area is 124 Å². The Kier molecular flexibility index (Phi) is 4.24. The van der Waals surface area contributed by atoms with Crippen LogP contribution >= 0.6 is 0 Å². The summed E-state index contributed by atoms with van der Waals surface area (Å²) in [6, 6.07) is 8.95. The Bertz CT molecular complexity index is 495. The lowest BCUT2D eigenvalue weighted by atomic mass is 10.1. The van der Waals surface area contributed by atoms with Crippen molar-refractivity contribution in [1.29, 1.82) is 0 Å². The summed E-state index contributed by atoms with van der Waals surface area (Å²) in [4.78, 5) is 15.0. The van der Waals surface area contributed by atoms with Crippen LogP contribution in [0.5, 0.6) is 0 Å². The van der Waals surface area contributed by atoms with Gasteiger partial charge in [-0.2, -0.15) is 0 Å². The summed E-state index contributed by atoms with van der Waals surface area (Å²) >= 11 is 0. The van der Waals surface area contributed by atoms with Crippen LogP contribution < -0.4 is 0 Å². The van der Waals surface area contributed by atoms with Crippen LogP contribution in [0.1, 0.15) is 11.1 Å². The van der Waals surface area contributed by atoms with E-state index < -0.39 is 12.1 Å². The number of rotatable bonds is 3. The number of hydrogen-bond acceptors (Lipinski definition) is 4. The Morgan fingerprint density at radius 2 is 1.81 bits per heavy atom. The lowest BCUT2D eigenvalue weighted by Gasteiger charge is -2.28. The second-order valence-electron chi connectivity index (χ2n) is 6.11. The topological polar surface area (TPSA) is 64.0 Å². The zero-order valence-corrected chi connectivity index (χ0v) is 12.1. The first-order chi connectivity index (χ1) is 10.1. The highest BCUT2D eigenvalue weighted by Crippen LogP contribution is 2.26. The van der Waals surface area contributed by atoms with E-state index in [1.165, 1.54) is 11.1 Å². The summed E-state index contributed by atoms with van der Waals surface area (Å²) in [5.74, 6) is -0.830. The molecule has 1 unspecified atom stereocenters. The van der Waals surface area contributed by atoms with Gasteiger partial charge in [-0.3, -0.25) is 14.6 Å². The summed E-state index contributed by atoms with van der Waals surface area (Å²) in [5, 5.41) is 19.0. The average Bonchev–Trinajstić information content (AvgIpc) is 2.77. The Balaban J connectivity index is 1.64. The standard InChI is InChI=1S/C16H22N2O3/c19-15-9-17(11-16(20)21)5-6-18(10-15)14-7-12-3-1-2-4-13(12)8-14/h1-4,14-15,19H,5-11H2,(H,20,21). The minimum atomic E-state index is -0.830. The molecular weight excluding hydrogens is 268 g/mol. The van der Waals surface area contributed by atoms with Gasteiger partial charge in [0.1, 0.15) is 0 Å². The van der Waals surface area contributed by atoms with Crippen LogP contribution in [-0.4, -0.2) is 70.9 Å². The van der Waals surface area contributed by atoms with Crippen molar-refractivity contribution in [2.45, 2.75) is 25.0 Å². The third-order valence-corrected chi connectivity index (χ3v) is 4.52. The van der Waals surface area contributed by atoms with E-state index in [1.807, 2.05) is 4.90 Å². The molecule has 1 heterocycles. The number of β-amino-alcohol motifs (C(OH)–C–C–N with tert-alkyl or cyclic N) is 1. The van der Waals surface area contributed by atoms with Crippen LogP contribution in [0, 0.1) is 0 Å². The van der Waals surface area contributed by atoms with Crippen molar-refractivity contribution in [3.8, 4) is 0 Å². The van der Waals surface area contributed by atoms with E-state index in [4.69, 9.17) is 5.11 Å². The second-order valence-corrected chi connectivity index (χ2v) is 6.11. The summed E-state index contributed by atoms with van der Waals surface area (Å²) in [7, 11) is 0. The van der Waals surface area contributed by atoms with E-state index in [-0.39, 0.29) is 6.54 Å². The van der Waals surface area contributed by atoms with Crippen molar-refractivity contribution < 1.29 is 15.0 Å². The van der Waals surface area contributed by atoms with Gasteiger partial charge in [0.2, 0.25) is 0 Å². The summed E-state index contributed by atoms with van der Waals surface area (Å²) in [6.07, 6.45) is 1.58. The molecule has 0 spiro atoms. The SMILES string of the molecule is O=C(O)CN1CCN(C2Cc3ccccc3C2)CC(O)C1. The van der Waals surface area contributed by atoms with Gasteiger partial charge in [-0.05, 0) is 24.0 Å². The minimum absolute atomic E-state index is 0.00971. The quantitative estimate of drug-likeness (QED) is 0.833. The highest BCUT2D eigenvalue weighted by Gasteiger charge is 2.30. The monoisotopic (exact) mass is 290 g/mol. The van der Waals surface area contributed by atoms with Gasteiger partial charge in [0.25, 0.3) is 0 Å². The van der Waals surface area contributed by atoms with Gasteiger partial charge in [0.05, 0.1) is 12.6 Å². The van der Waals surface area contributed by atoms with E-state index in [0.717, 1.165) is 19.4 Å². The third kappa shape index (κ3) is 3.43. The summed E-state index contributed by atoms with van der Waals surface area (Å²) in [5.41, 5.74) is 2.81. The number of benzene rings is 1. The second kappa shape index (κ2) is 6.13. The van der Waals surface area contributed by atoms with Crippen molar-refractivity contribution >= 4 is 5.97 Å². The smallest absolute Gasteiger partial charge is 0.317 e. The average molecular weight is 290 g/mol. The maximum Gasteiger partial charge on any atom is 0.317 e. The van der Waals surface area contributed by atoms with E-state index in [9.17, 15) is 9.90 Å². The molecule has 0 aromatic heterocycles. The number of aliphatic hydroxyl groups is 1.